The highest BCUT2D eigenvalue weighted by Gasteiger charge is 2.26. The minimum absolute atomic E-state index is 0.319. The van der Waals surface area contributed by atoms with E-state index in [-0.39, 0.29) is 5.91 Å². The smallest absolute Gasteiger partial charge is 0.326 e. The van der Waals surface area contributed by atoms with E-state index in [1.165, 1.54) is 36.2 Å². The molecule has 1 rings (SSSR count). The molecule has 7 heteroatoms. The topological polar surface area (TPSA) is 88.3 Å². The van der Waals surface area contributed by atoms with Gasteiger partial charge in [0.05, 0.1) is 0 Å². The highest BCUT2D eigenvalue weighted by atomic mass is 16.4. The number of carboxylic acid groups (broad SMARTS) is 1. The molecule has 0 fully saturated rings. The van der Waals surface area contributed by atoms with Gasteiger partial charge in [-0.2, -0.15) is 5.10 Å². The molecule has 0 aliphatic rings. The van der Waals surface area contributed by atoms with Gasteiger partial charge >= 0.3 is 5.97 Å². The number of rotatable bonds is 4. The van der Waals surface area contributed by atoms with Crippen LogP contribution in [0, 0.1) is 0 Å². The molecule has 0 saturated heterocycles. The third-order valence-electron chi connectivity index (χ3n) is 2.48. The number of nitrogens with zero attached hydrogens (tertiary/aromatic N) is 4. The monoisotopic (exact) mass is 226 g/mol. The van der Waals surface area contributed by atoms with Crippen LogP contribution in [-0.2, 0) is 9.59 Å². The Morgan fingerprint density at radius 1 is 1.44 bits per heavy atom. The van der Waals surface area contributed by atoms with Crippen LogP contribution in [0.4, 0.5) is 0 Å². The molecular weight excluding hydrogens is 212 g/mol. The SMILES string of the molecule is CC(C(=O)O)N(C)C(=O)C(C)n1cncn1. The minimum Gasteiger partial charge on any atom is -0.480 e. The van der Waals surface area contributed by atoms with Crippen molar-refractivity contribution in [3.8, 4) is 0 Å². The van der Waals surface area contributed by atoms with Gasteiger partial charge in [0.15, 0.2) is 0 Å². The van der Waals surface area contributed by atoms with E-state index in [1.54, 1.807) is 6.92 Å². The van der Waals surface area contributed by atoms with Crippen LogP contribution in [0.25, 0.3) is 0 Å². The van der Waals surface area contributed by atoms with E-state index >= 15 is 0 Å². The average Bonchev–Trinajstić information content (AvgIpc) is 2.78. The Morgan fingerprint density at radius 2 is 2.06 bits per heavy atom. The van der Waals surface area contributed by atoms with Crippen LogP contribution in [0.15, 0.2) is 12.7 Å². The summed E-state index contributed by atoms with van der Waals surface area (Å²) in [6.07, 6.45) is 2.74. The van der Waals surface area contributed by atoms with E-state index in [4.69, 9.17) is 5.11 Å². The minimum atomic E-state index is -1.04. The fourth-order valence-corrected chi connectivity index (χ4v) is 1.18. The first-order valence-electron chi connectivity index (χ1n) is 4.78. The molecule has 0 saturated carbocycles. The zero-order chi connectivity index (χ0) is 12.3. The number of carboxylic acids is 1. The second-order valence-electron chi connectivity index (χ2n) is 3.51. The fourth-order valence-electron chi connectivity index (χ4n) is 1.18. The molecular formula is C9H14N4O3. The Balaban J connectivity index is 2.75. The van der Waals surface area contributed by atoms with E-state index in [2.05, 4.69) is 10.1 Å². The third-order valence-corrected chi connectivity index (χ3v) is 2.48. The van der Waals surface area contributed by atoms with Crippen molar-refractivity contribution in [1.82, 2.24) is 19.7 Å². The van der Waals surface area contributed by atoms with Crippen molar-refractivity contribution in [3.63, 3.8) is 0 Å². The molecule has 1 N–H and O–H groups in total. The fraction of sp³-hybridized carbons (Fsp3) is 0.556. The standard InChI is InChI=1S/C9H14N4O3/c1-6(13-5-10-4-11-13)8(14)12(3)7(2)9(15)16/h4-7H,1-3H3,(H,15,16). The molecule has 0 bridgehead atoms. The van der Waals surface area contributed by atoms with E-state index in [0.29, 0.717) is 0 Å². The van der Waals surface area contributed by atoms with Gasteiger partial charge in [0, 0.05) is 7.05 Å². The van der Waals surface area contributed by atoms with Gasteiger partial charge in [-0.15, -0.1) is 0 Å². The second-order valence-corrected chi connectivity index (χ2v) is 3.51. The Labute approximate surface area is 92.7 Å². The van der Waals surface area contributed by atoms with Crippen LogP contribution >= 0.6 is 0 Å². The van der Waals surface area contributed by atoms with Gasteiger partial charge in [0.2, 0.25) is 5.91 Å². The molecule has 0 aromatic carbocycles. The number of hydrogen-bond donors (Lipinski definition) is 1. The molecule has 1 aromatic rings. The number of amides is 1. The molecule has 1 heterocycles. The van der Waals surface area contributed by atoms with Gasteiger partial charge in [-0.3, -0.25) is 4.79 Å². The van der Waals surface area contributed by atoms with Gasteiger partial charge in [-0.1, -0.05) is 0 Å². The summed E-state index contributed by atoms with van der Waals surface area (Å²) in [5.41, 5.74) is 0. The zero-order valence-electron chi connectivity index (χ0n) is 9.36. The van der Waals surface area contributed by atoms with Gasteiger partial charge in [0.1, 0.15) is 24.7 Å². The maximum Gasteiger partial charge on any atom is 0.326 e. The molecule has 7 nitrogen and oxygen atoms in total. The number of hydrogen-bond acceptors (Lipinski definition) is 4. The maximum absolute atomic E-state index is 11.9. The van der Waals surface area contributed by atoms with Gasteiger partial charge in [-0.05, 0) is 13.8 Å². The first kappa shape index (κ1) is 12.2. The van der Waals surface area contributed by atoms with Gasteiger partial charge in [0.25, 0.3) is 0 Å². The highest BCUT2D eigenvalue weighted by Crippen LogP contribution is 2.09. The molecule has 2 unspecified atom stereocenters. The zero-order valence-corrected chi connectivity index (χ0v) is 9.36. The summed E-state index contributed by atoms with van der Waals surface area (Å²) in [5.74, 6) is -1.36. The number of carbonyl (C=O) groups excluding carboxylic acids is 1. The Kier molecular flexibility index (Phi) is 3.60. The van der Waals surface area contributed by atoms with E-state index in [9.17, 15) is 9.59 Å². The normalized spacial score (nSPS) is 14.2. The van der Waals surface area contributed by atoms with Crippen LogP contribution in [0.5, 0.6) is 0 Å². The summed E-state index contributed by atoms with van der Waals surface area (Å²) in [6.45, 7) is 3.09. The van der Waals surface area contributed by atoms with Gasteiger partial charge in [-0.25, -0.2) is 14.5 Å². The maximum atomic E-state index is 11.9. The third kappa shape index (κ3) is 2.36. The lowest BCUT2D eigenvalue weighted by Gasteiger charge is -2.24. The summed E-state index contributed by atoms with van der Waals surface area (Å²) in [7, 11) is 1.45. The van der Waals surface area contributed by atoms with Crippen LogP contribution in [-0.4, -0.2) is 49.7 Å². The lowest BCUT2D eigenvalue weighted by atomic mass is 10.2. The van der Waals surface area contributed by atoms with Crippen LogP contribution in [0.2, 0.25) is 0 Å². The molecule has 1 amide bonds. The summed E-state index contributed by atoms with van der Waals surface area (Å²) in [6, 6.07) is -1.42. The van der Waals surface area contributed by atoms with Crippen LogP contribution in [0.3, 0.4) is 0 Å². The number of likely N-dealkylation sites (N-methyl/N-ethyl adjacent to an activating group) is 1. The molecule has 1 aromatic heterocycles. The van der Waals surface area contributed by atoms with E-state index in [0.717, 1.165) is 0 Å². The summed E-state index contributed by atoms with van der Waals surface area (Å²) < 4.78 is 1.38. The van der Waals surface area contributed by atoms with Crippen molar-refractivity contribution in [2.45, 2.75) is 25.9 Å². The van der Waals surface area contributed by atoms with Crippen LogP contribution in [0.1, 0.15) is 19.9 Å². The number of carbonyl (C=O) groups is 2. The molecule has 16 heavy (non-hydrogen) atoms. The second kappa shape index (κ2) is 4.73. The van der Waals surface area contributed by atoms with Crippen molar-refractivity contribution in [2.24, 2.45) is 0 Å². The molecule has 2 atom stereocenters. The van der Waals surface area contributed by atoms with Crippen molar-refractivity contribution < 1.29 is 14.7 Å². The van der Waals surface area contributed by atoms with Crippen molar-refractivity contribution in [1.29, 1.82) is 0 Å². The first-order chi connectivity index (χ1) is 7.45. The van der Waals surface area contributed by atoms with Crippen LogP contribution < -0.4 is 0 Å². The molecule has 0 aliphatic carbocycles. The largest absolute Gasteiger partial charge is 0.480 e. The summed E-state index contributed by atoms with van der Waals surface area (Å²) >= 11 is 0. The molecule has 88 valence electrons. The van der Waals surface area contributed by atoms with E-state index < -0.39 is 18.1 Å². The van der Waals surface area contributed by atoms with Gasteiger partial charge < -0.3 is 10.0 Å². The van der Waals surface area contributed by atoms with Crippen molar-refractivity contribution in [3.05, 3.63) is 12.7 Å². The Bertz CT molecular complexity index is 376. The Morgan fingerprint density at radius 3 is 2.50 bits per heavy atom. The summed E-state index contributed by atoms with van der Waals surface area (Å²) in [4.78, 5) is 27.5. The van der Waals surface area contributed by atoms with E-state index in [1.807, 2.05) is 0 Å². The average molecular weight is 226 g/mol. The lowest BCUT2D eigenvalue weighted by molar-refractivity contribution is -0.149. The lowest BCUT2D eigenvalue weighted by Crippen LogP contribution is -2.43. The summed E-state index contributed by atoms with van der Waals surface area (Å²) in [5, 5.41) is 12.6. The highest BCUT2D eigenvalue weighted by molar-refractivity contribution is 5.85. The predicted molar refractivity (Wildman–Crippen MR) is 54.6 cm³/mol. The first-order valence-corrected chi connectivity index (χ1v) is 4.78. The number of aliphatic carboxylic acids is 1. The van der Waals surface area contributed by atoms with Crippen molar-refractivity contribution >= 4 is 11.9 Å². The Hall–Kier alpha value is -1.92. The molecule has 0 aliphatic heterocycles. The molecule has 0 radical (unpaired) electrons. The quantitative estimate of drug-likeness (QED) is 0.766. The molecule has 0 spiro atoms. The predicted octanol–water partition coefficient (Wildman–Crippen LogP) is -0.229. The van der Waals surface area contributed by atoms with Crippen molar-refractivity contribution in [2.75, 3.05) is 7.05 Å². The number of aromatic nitrogens is 3.